The van der Waals surface area contributed by atoms with E-state index in [0.717, 1.165) is 0 Å². The number of phenolic OH excluding ortho intramolecular Hbond substituents is 2. The van der Waals surface area contributed by atoms with Gasteiger partial charge in [0.25, 0.3) is 0 Å². The molecule has 1 aromatic rings. The van der Waals surface area contributed by atoms with Gasteiger partial charge in [-0.25, -0.2) is 4.79 Å². The summed E-state index contributed by atoms with van der Waals surface area (Å²) in [7, 11) is 0. The van der Waals surface area contributed by atoms with Crippen LogP contribution in [0.4, 0.5) is 4.79 Å². The van der Waals surface area contributed by atoms with Crippen molar-refractivity contribution in [3.8, 4) is 11.5 Å². The van der Waals surface area contributed by atoms with Crippen molar-refractivity contribution in [2.75, 3.05) is 0 Å². The summed E-state index contributed by atoms with van der Waals surface area (Å²) in [4.78, 5) is 23.1. The van der Waals surface area contributed by atoms with E-state index in [-0.39, 0.29) is 11.5 Å². The molecule has 6 heteroatoms. The predicted molar refractivity (Wildman–Crippen MR) is 72.6 cm³/mol. The number of amides is 1. The fraction of sp³-hybridized carbons (Fsp3) is 0.429. The molecule has 0 saturated heterocycles. The number of aldehydes is 1. The molecular formula is C14H19NO5. The van der Waals surface area contributed by atoms with E-state index in [2.05, 4.69) is 5.32 Å². The second-order valence-corrected chi connectivity index (χ2v) is 5.65. The number of hydrogen-bond acceptors (Lipinski definition) is 5. The Hall–Kier alpha value is -2.24. The number of benzene rings is 1. The summed E-state index contributed by atoms with van der Waals surface area (Å²) in [6.45, 7) is 6.58. The van der Waals surface area contributed by atoms with Crippen LogP contribution in [0.3, 0.4) is 0 Å². The minimum Gasteiger partial charge on any atom is -0.504 e. The normalized spacial score (nSPS) is 14.2. The van der Waals surface area contributed by atoms with Crippen LogP contribution in [-0.2, 0) is 15.1 Å². The van der Waals surface area contributed by atoms with E-state index in [1.165, 1.54) is 25.1 Å². The topological polar surface area (TPSA) is 95.9 Å². The average Bonchev–Trinajstić information content (AvgIpc) is 2.29. The van der Waals surface area contributed by atoms with Crippen molar-refractivity contribution >= 4 is 12.4 Å². The number of rotatable bonds is 3. The minimum atomic E-state index is -1.37. The largest absolute Gasteiger partial charge is 0.504 e. The van der Waals surface area contributed by atoms with Gasteiger partial charge in [-0.3, -0.25) is 0 Å². The molecule has 0 heterocycles. The van der Waals surface area contributed by atoms with Gasteiger partial charge in [0.2, 0.25) is 0 Å². The second-order valence-electron chi connectivity index (χ2n) is 5.65. The molecule has 0 spiro atoms. The zero-order chi connectivity index (χ0) is 15.6. The molecule has 1 amide bonds. The quantitative estimate of drug-likeness (QED) is 0.582. The first-order valence-corrected chi connectivity index (χ1v) is 6.07. The van der Waals surface area contributed by atoms with Gasteiger partial charge in [-0.2, -0.15) is 0 Å². The van der Waals surface area contributed by atoms with Crippen molar-refractivity contribution < 1.29 is 24.5 Å². The summed E-state index contributed by atoms with van der Waals surface area (Å²) >= 11 is 0. The molecular weight excluding hydrogens is 262 g/mol. The molecule has 1 unspecified atom stereocenters. The molecule has 0 saturated carbocycles. The lowest BCUT2D eigenvalue weighted by molar-refractivity contribution is -0.113. The lowest BCUT2D eigenvalue weighted by Gasteiger charge is -2.28. The molecule has 0 radical (unpaired) electrons. The number of phenols is 2. The summed E-state index contributed by atoms with van der Waals surface area (Å²) in [6, 6.07) is 3.88. The highest BCUT2D eigenvalue weighted by atomic mass is 16.6. The number of alkyl carbamates (subject to hydrolysis) is 1. The second kappa shape index (κ2) is 5.40. The van der Waals surface area contributed by atoms with Crippen LogP contribution in [0.25, 0.3) is 0 Å². The fourth-order valence-corrected chi connectivity index (χ4v) is 1.53. The van der Waals surface area contributed by atoms with Crippen molar-refractivity contribution in [2.24, 2.45) is 0 Å². The summed E-state index contributed by atoms with van der Waals surface area (Å²) in [5.41, 5.74) is -1.73. The van der Waals surface area contributed by atoms with Crippen molar-refractivity contribution in [3.63, 3.8) is 0 Å². The first kappa shape index (κ1) is 15.8. The van der Waals surface area contributed by atoms with Crippen molar-refractivity contribution in [1.29, 1.82) is 0 Å². The van der Waals surface area contributed by atoms with Gasteiger partial charge in [-0.05, 0) is 45.4 Å². The zero-order valence-electron chi connectivity index (χ0n) is 11.9. The van der Waals surface area contributed by atoms with Crippen LogP contribution < -0.4 is 5.32 Å². The van der Waals surface area contributed by atoms with Gasteiger partial charge in [0.05, 0.1) is 0 Å². The van der Waals surface area contributed by atoms with Crippen LogP contribution in [0.1, 0.15) is 33.3 Å². The highest BCUT2D eigenvalue weighted by Crippen LogP contribution is 2.29. The molecule has 3 N–H and O–H groups in total. The van der Waals surface area contributed by atoms with Gasteiger partial charge in [-0.15, -0.1) is 0 Å². The minimum absolute atomic E-state index is 0.306. The molecule has 0 bridgehead atoms. The molecule has 0 aliphatic rings. The van der Waals surface area contributed by atoms with E-state index in [1.54, 1.807) is 20.8 Å². The lowest BCUT2D eigenvalue weighted by Crippen LogP contribution is -2.46. The molecule has 110 valence electrons. The zero-order valence-corrected chi connectivity index (χ0v) is 11.9. The maximum atomic E-state index is 11.8. The third-order valence-electron chi connectivity index (χ3n) is 2.57. The molecule has 0 fully saturated rings. The molecule has 1 aromatic carbocycles. The van der Waals surface area contributed by atoms with Gasteiger partial charge in [0.1, 0.15) is 17.4 Å². The van der Waals surface area contributed by atoms with Crippen LogP contribution in [0.5, 0.6) is 11.5 Å². The van der Waals surface area contributed by atoms with Crippen molar-refractivity contribution in [3.05, 3.63) is 23.8 Å². The fourth-order valence-electron chi connectivity index (χ4n) is 1.53. The van der Waals surface area contributed by atoms with Gasteiger partial charge in [0, 0.05) is 0 Å². The van der Waals surface area contributed by atoms with E-state index in [4.69, 9.17) is 4.74 Å². The maximum absolute atomic E-state index is 11.8. The van der Waals surface area contributed by atoms with E-state index < -0.39 is 17.2 Å². The monoisotopic (exact) mass is 281 g/mol. The van der Waals surface area contributed by atoms with Gasteiger partial charge < -0.3 is 25.1 Å². The summed E-state index contributed by atoms with van der Waals surface area (Å²) < 4.78 is 5.09. The molecule has 0 aliphatic heterocycles. The SMILES string of the molecule is CC(C)(C)OC(=O)NC(C)(C=O)c1ccc(O)c(O)c1. The summed E-state index contributed by atoms with van der Waals surface area (Å²) in [5.74, 6) is -0.680. The first-order valence-electron chi connectivity index (χ1n) is 6.07. The van der Waals surface area contributed by atoms with Crippen LogP contribution in [0.2, 0.25) is 0 Å². The Kier molecular flexibility index (Phi) is 4.27. The first-order chi connectivity index (χ1) is 9.07. The molecule has 1 atom stereocenters. The number of aromatic hydroxyl groups is 2. The predicted octanol–water partition coefficient (Wildman–Crippen LogP) is 2.04. The molecule has 6 nitrogen and oxygen atoms in total. The van der Waals surface area contributed by atoms with Crippen LogP contribution in [0.15, 0.2) is 18.2 Å². The Balaban J connectivity index is 2.99. The lowest BCUT2D eigenvalue weighted by atomic mass is 9.93. The standard InChI is InChI=1S/C14H19NO5/c1-13(2,3)20-12(19)15-14(4,8-16)9-5-6-10(17)11(18)7-9/h5-8,17-18H,1-4H3,(H,15,19). The number of ether oxygens (including phenoxy) is 1. The maximum Gasteiger partial charge on any atom is 0.408 e. The number of carbonyl (C=O) groups is 2. The summed E-state index contributed by atoms with van der Waals surface area (Å²) in [5, 5.41) is 21.2. The Morgan fingerprint density at radius 2 is 1.80 bits per heavy atom. The van der Waals surface area contributed by atoms with E-state index in [9.17, 15) is 19.8 Å². The Morgan fingerprint density at radius 1 is 1.20 bits per heavy atom. The van der Waals surface area contributed by atoms with E-state index in [1.807, 2.05) is 0 Å². The van der Waals surface area contributed by atoms with Crippen molar-refractivity contribution in [2.45, 2.75) is 38.8 Å². The molecule has 0 aliphatic carbocycles. The number of carbonyl (C=O) groups excluding carboxylic acids is 2. The number of hydrogen-bond donors (Lipinski definition) is 3. The highest BCUT2D eigenvalue weighted by Gasteiger charge is 2.31. The Bertz CT molecular complexity index is 521. The third-order valence-corrected chi connectivity index (χ3v) is 2.57. The molecule has 20 heavy (non-hydrogen) atoms. The Morgan fingerprint density at radius 3 is 2.25 bits per heavy atom. The smallest absolute Gasteiger partial charge is 0.408 e. The van der Waals surface area contributed by atoms with Crippen molar-refractivity contribution in [1.82, 2.24) is 5.32 Å². The van der Waals surface area contributed by atoms with E-state index in [0.29, 0.717) is 11.8 Å². The van der Waals surface area contributed by atoms with Crippen LogP contribution in [0, 0.1) is 0 Å². The number of nitrogens with one attached hydrogen (secondary N) is 1. The third kappa shape index (κ3) is 3.88. The molecule has 1 rings (SSSR count). The van der Waals surface area contributed by atoms with Gasteiger partial charge >= 0.3 is 6.09 Å². The average molecular weight is 281 g/mol. The Labute approximate surface area is 117 Å². The highest BCUT2D eigenvalue weighted by molar-refractivity contribution is 5.78. The summed E-state index contributed by atoms with van der Waals surface area (Å²) in [6.07, 6.45) is -0.220. The van der Waals surface area contributed by atoms with Crippen LogP contribution in [-0.4, -0.2) is 28.2 Å². The van der Waals surface area contributed by atoms with Gasteiger partial charge in [0.15, 0.2) is 11.5 Å². The molecule has 0 aromatic heterocycles. The van der Waals surface area contributed by atoms with Gasteiger partial charge in [-0.1, -0.05) is 6.07 Å². The van der Waals surface area contributed by atoms with E-state index >= 15 is 0 Å². The van der Waals surface area contributed by atoms with Crippen LogP contribution >= 0.6 is 0 Å².